The highest BCUT2D eigenvalue weighted by molar-refractivity contribution is 5.98. The van der Waals surface area contributed by atoms with Crippen LogP contribution in [0.15, 0.2) is 29.8 Å². The number of hydrogen-bond acceptors (Lipinski definition) is 5. The van der Waals surface area contributed by atoms with Crippen molar-refractivity contribution in [2.75, 3.05) is 20.3 Å². The molecule has 0 saturated carbocycles. The van der Waals surface area contributed by atoms with E-state index in [-0.39, 0.29) is 25.2 Å². The highest BCUT2D eigenvalue weighted by atomic mass is 16.5. The van der Waals surface area contributed by atoms with E-state index in [4.69, 9.17) is 14.2 Å². The third kappa shape index (κ3) is 5.30. The van der Waals surface area contributed by atoms with Crippen molar-refractivity contribution in [1.29, 1.82) is 0 Å². The van der Waals surface area contributed by atoms with Gasteiger partial charge in [0, 0.05) is 11.1 Å². The number of carbonyl (C=O) groups is 2. The van der Waals surface area contributed by atoms with Gasteiger partial charge >= 0.3 is 11.9 Å². The number of hydrogen-bond donors (Lipinski definition) is 0. The highest BCUT2D eigenvalue weighted by Gasteiger charge is 2.16. The molecule has 1 aromatic carbocycles. The summed E-state index contributed by atoms with van der Waals surface area (Å²) in [6.45, 7) is 3.93. The molecule has 0 radical (unpaired) electrons. The van der Waals surface area contributed by atoms with Gasteiger partial charge in [-0.2, -0.15) is 0 Å². The van der Waals surface area contributed by atoms with Crippen molar-refractivity contribution < 1.29 is 23.8 Å². The molecule has 114 valence electrons. The number of esters is 2. The number of ether oxygens (including phenoxy) is 3. The fraction of sp³-hybridized carbons (Fsp3) is 0.375. The zero-order valence-electron chi connectivity index (χ0n) is 12.5. The first-order valence-corrected chi connectivity index (χ1v) is 6.78. The maximum atomic E-state index is 11.9. The lowest BCUT2D eigenvalue weighted by atomic mass is 10.1. The Kier molecular flexibility index (Phi) is 7.01. The molecule has 0 heterocycles. The summed E-state index contributed by atoms with van der Waals surface area (Å²) in [6.07, 6.45) is 1.46. The van der Waals surface area contributed by atoms with E-state index in [0.717, 1.165) is 0 Å². The largest absolute Gasteiger partial charge is 0.496 e. The van der Waals surface area contributed by atoms with Gasteiger partial charge in [0.25, 0.3) is 0 Å². The molecule has 0 aromatic heterocycles. The van der Waals surface area contributed by atoms with Crippen molar-refractivity contribution in [2.24, 2.45) is 0 Å². The second-order valence-corrected chi connectivity index (χ2v) is 4.11. The van der Waals surface area contributed by atoms with E-state index in [2.05, 4.69) is 0 Å². The molecule has 0 bridgehead atoms. The first-order chi connectivity index (χ1) is 10.1. The predicted molar refractivity (Wildman–Crippen MR) is 78.9 cm³/mol. The van der Waals surface area contributed by atoms with Crippen LogP contribution in [0.25, 0.3) is 6.08 Å². The molecule has 0 aliphatic rings. The van der Waals surface area contributed by atoms with Gasteiger partial charge in [0.15, 0.2) is 0 Å². The number of methoxy groups -OCH3 is 1. The number of para-hydroxylation sites is 1. The summed E-state index contributed by atoms with van der Waals surface area (Å²) in [7, 11) is 1.54. The van der Waals surface area contributed by atoms with Crippen molar-refractivity contribution in [2.45, 2.75) is 20.3 Å². The minimum Gasteiger partial charge on any atom is -0.496 e. The molecule has 0 atom stereocenters. The molecule has 0 N–H and O–H groups in total. The van der Waals surface area contributed by atoms with Gasteiger partial charge in [0.1, 0.15) is 5.75 Å². The van der Waals surface area contributed by atoms with E-state index >= 15 is 0 Å². The second kappa shape index (κ2) is 8.79. The van der Waals surface area contributed by atoms with Crippen LogP contribution in [0.3, 0.4) is 0 Å². The van der Waals surface area contributed by atoms with Gasteiger partial charge < -0.3 is 14.2 Å². The topological polar surface area (TPSA) is 61.8 Å². The number of rotatable bonds is 7. The molecule has 5 nitrogen and oxygen atoms in total. The lowest BCUT2D eigenvalue weighted by molar-refractivity contribution is -0.145. The zero-order chi connectivity index (χ0) is 15.7. The van der Waals surface area contributed by atoms with Crippen LogP contribution in [-0.2, 0) is 19.1 Å². The molecule has 21 heavy (non-hydrogen) atoms. The Balaban J connectivity index is 3.06. The van der Waals surface area contributed by atoms with Gasteiger partial charge in [0.2, 0.25) is 0 Å². The molecule has 1 rings (SSSR count). The summed E-state index contributed by atoms with van der Waals surface area (Å²) in [5, 5.41) is 0. The van der Waals surface area contributed by atoms with Crippen molar-refractivity contribution in [1.82, 2.24) is 0 Å². The van der Waals surface area contributed by atoms with Crippen LogP contribution in [0, 0.1) is 0 Å². The Morgan fingerprint density at radius 3 is 2.38 bits per heavy atom. The third-order valence-corrected chi connectivity index (χ3v) is 2.65. The maximum absolute atomic E-state index is 11.9. The Hall–Kier alpha value is -2.30. The molecule has 0 fully saturated rings. The summed E-state index contributed by atoms with van der Waals surface area (Å²) < 4.78 is 15.1. The molecule has 0 aliphatic carbocycles. The standard InChI is InChI=1S/C16H20O5/c1-4-20-15(17)11-13(16(18)21-5-2)10-12-8-6-7-9-14(12)19-3/h6-10H,4-5,11H2,1-3H3/b13-10+. The molecule has 1 aromatic rings. The van der Waals surface area contributed by atoms with E-state index in [9.17, 15) is 9.59 Å². The number of carbonyl (C=O) groups excluding carboxylic acids is 2. The maximum Gasteiger partial charge on any atom is 0.334 e. The molecular formula is C16H20O5. The first kappa shape index (κ1) is 16.8. The molecule has 0 saturated heterocycles. The Morgan fingerprint density at radius 1 is 1.10 bits per heavy atom. The smallest absolute Gasteiger partial charge is 0.334 e. The zero-order valence-corrected chi connectivity index (χ0v) is 12.5. The Morgan fingerprint density at radius 2 is 1.76 bits per heavy atom. The molecule has 5 heteroatoms. The van der Waals surface area contributed by atoms with Gasteiger partial charge in [-0.25, -0.2) is 4.79 Å². The average Bonchev–Trinajstić information content (AvgIpc) is 2.47. The Bertz CT molecular complexity index is 519. The normalized spacial score (nSPS) is 10.9. The second-order valence-electron chi connectivity index (χ2n) is 4.11. The molecule has 0 spiro atoms. The lowest BCUT2D eigenvalue weighted by Gasteiger charge is -2.09. The van der Waals surface area contributed by atoms with Gasteiger partial charge in [-0.1, -0.05) is 18.2 Å². The SMILES string of the molecule is CCOC(=O)C/C(=C\c1ccccc1OC)C(=O)OCC. The van der Waals surface area contributed by atoms with Gasteiger partial charge in [-0.15, -0.1) is 0 Å². The van der Waals surface area contributed by atoms with E-state index < -0.39 is 11.9 Å². The van der Waals surface area contributed by atoms with E-state index in [1.807, 2.05) is 12.1 Å². The molecule has 0 aliphatic heterocycles. The molecule has 0 unspecified atom stereocenters. The van der Waals surface area contributed by atoms with Gasteiger partial charge in [-0.3, -0.25) is 4.79 Å². The summed E-state index contributed by atoms with van der Waals surface area (Å²) in [4.78, 5) is 23.6. The van der Waals surface area contributed by atoms with Crippen molar-refractivity contribution in [3.8, 4) is 5.75 Å². The average molecular weight is 292 g/mol. The monoisotopic (exact) mass is 292 g/mol. The summed E-state index contributed by atoms with van der Waals surface area (Å²) in [5.41, 5.74) is 0.937. The third-order valence-electron chi connectivity index (χ3n) is 2.65. The summed E-state index contributed by atoms with van der Waals surface area (Å²) in [5.74, 6) is -0.383. The number of benzene rings is 1. The van der Waals surface area contributed by atoms with E-state index in [0.29, 0.717) is 11.3 Å². The van der Waals surface area contributed by atoms with Crippen LogP contribution < -0.4 is 4.74 Å². The van der Waals surface area contributed by atoms with Gasteiger partial charge in [-0.05, 0) is 26.0 Å². The van der Waals surface area contributed by atoms with Gasteiger partial charge in [0.05, 0.1) is 26.7 Å². The minimum atomic E-state index is -0.531. The van der Waals surface area contributed by atoms with Crippen LogP contribution in [-0.4, -0.2) is 32.3 Å². The van der Waals surface area contributed by atoms with Crippen molar-refractivity contribution in [3.05, 3.63) is 35.4 Å². The highest BCUT2D eigenvalue weighted by Crippen LogP contribution is 2.22. The van der Waals surface area contributed by atoms with Crippen LogP contribution in [0.4, 0.5) is 0 Å². The fourth-order valence-corrected chi connectivity index (χ4v) is 1.75. The summed E-state index contributed by atoms with van der Waals surface area (Å²) >= 11 is 0. The fourth-order valence-electron chi connectivity index (χ4n) is 1.75. The van der Waals surface area contributed by atoms with E-state index in [1.165, 1.54) is 0 Å². The quantitative estimate of drug-likeness (QED) is 0.571. The van der Waals surface area contributed by atoms with Crippen LogP contribution in [0.1, 0.15) is 25.8 Å². The molecule has 0 amide bonds. The first-order valence-electron chi connectivity index (χ1n) is 6.78. The van der Waals surface area contributed by atoms with Crippen molar-refractivity contribution in [3.63, 3.8) is 0 Å². The predicted octanol–water partition coefficient (Wildman–Crippen LogP) is 2.59. The van der Waals surface area contributed by atoms with Crippen molar-refractivity contribution >= 4 is 18.0 Å². The van der Waals surface area contributed by atoms with E-state index in [1.54, 1.807) is 39.2 Å². The summed E-state index contributed by atoms with van der Waals surface area (Å²) in [6, 6.07) is 7.22. The minimum absolute atomic E-state index is 0.134. The Labute approximate surface area is 124 Å². The van der Waals surface area contributed by atoms with Crippen LogP contribution >= 0.6 is 0 Å². The molecular weight excluding hydrogens is 272 g/mol. The van der Waals surface area contributed by atoms with Crippen LogP contribution in [0.2, 0.25) is 0 Å². The van der Waals surface area contributed by atoms with Crippen LogP contribution in [0.5, 0.6) is 5.75 Å². The lowest BCUT2D eigenvalue weighted by Crippen LogP contribution is -2.13.